The number of benzene rings is 1. The third-order valence-corrected chi connectivity index (χ3v) is 4.10. The highest BCUT2D eigenvalue weighted by atomic mass is 35.5. The van der Waals surface area contributed by atoms with Crippen LogP contribution in [0.3, 0.4) is 0 Å². The van der Waals surface area contributed by atoms with Gasteiger partial charge in [-0.1, -0.05) is 6.07 Å². The van der Waals surface area contributed by atoms with Crippen molar-refractivity contribution in [2.75, 3.05) is 6.54 Å². The van der Waals surface area contributed by atoms with E-state index in [9.17, 15) is 8.42 Å². The molecule has 0 bridgehead atoms. The van der Waals surface area contributed by atoms with Crippen LogP contribution in [0.1, 0.15) is 24.5 Å². The Morgan fingerprint density at radius 1 is 1.47 bits per heavy atom. The summed E-state index contributed by atoms with van der Waals surface area (Å²) in [6.45, 7) is 3.80. The molecule has 0 aliphatic heterocycles. The number of halogens is 1. The van der Waals surface area contributed by atoms with Gasteiger partial charge >= 0.3 is 0 Å². The highest BCUT2D eigenvalue weighted by Gasteiger charge is 2.16. The molecule has 0 saturated carbocycles. The van der Waals surface area contributed by atoms with Crippen LogP contribution in [0, 0.1) is 18.3 Å². The minimum Gasteiger partial charge on any atom is -0.328 e. The van der Waals surface area contributed by atoms with Crippen molar-refractivity contribution >= 4 is 22.4 Å². The average Bonchev–Trinajstić information content (AvgIpc) is 2.28. The van der Waals surface area contributed by atoms with E-state index in [1.54, 1.807) is 19.1 Å². The summed E-state index contributed by atoms with van der Waals surface area (Å²) in [7, 11) is -3.58. The van der Waals surface area contributed by atoms with Crippen molar-refractivity contribution in [2.45, 2.75) is 31.2 Å². The number of nitrogens with zero attached hydrogens (tertiary/aromatic N) is 1. The van der Waals surface area contributed by atoms with Crippen LogP contribution < -0.4 is 10.5 Å². The predicted octanol–water partition coefficient (Wildman–Crippen LogP) is 1.30. The normalized spacial score (nSPS) is 12.3. The number of nitrogens with two attached hydrogens (primary N) is 1. The Balaban J connectivity index is 0.00000324. The molecule has 5 nitrogen and oxygen atoms in total. The number of rotatable bonds is 5. The molecule has 0 aliphatic rings. The van der Waals surface area contributed by atoms with Gasteiger partial charge in [-0.15, -0.1) is 12.4 Å². The molecule has 0 heterocycles. The minimum atomic E-state index is -3.58. The Morgan fingerprint density at radius 3 is 2.63 bits per heavy atom. The van der Waals surface area contributed by atoms with Crippen LogP contribution in [0.5, 0.6) is 0 Å². The molecule has 3 N–H and O–H groups in total. The molecule has 0 amide bonds. The van der Waals surface area contributed by atoms with Gasteiger partial charge in [0.25, 0.3) is 0 Å². The summed E-state index contributed by atoms with van der Waals surface area (Å²) in [5.41, 5.74) is 6.50. The highest BCUT2D eigenvalue weighted by Crippen LogP contribution is 2.16. The molecular formula is C12H18ClN3O2S. The fourth-order valence-electron chi connectivity index (χ4n) is 1.46. The van der Waals surface area contributed by atoms with Crippen molar-refractivity contribution in [2.24, 2.45) is 5.73 Å². The Bertz CT molecular complexity index is 565. The van der Waals surface area contributed by atoms with Gasteiger partial charge in [-0.05, 0) is 38.0 Å². The van der Waals surface area contributed by atoms with Crippen LogP contribution in [0.2, 0.25) is 0 Å². The van der Waals surface area contributed by atoms with E-state index in [1.807, 2.05) is 13.0 Å². The second-order valence-electron chi connectivity index (χ2n) is 4.26. The summed E-state index contributed by atoms with van der Waals surface area (Å²) in [6, 6.07) is 6.47. The van der Waals surface area contributed by atoms with Gasteiger partial charge < -0.3 is 5.73 Å². The molecule has 1 aromatic rings. The van der Waals surface area contributed by atoms with E-state index >= 15 is 0 Å². The minimum absolute atomic E-state index is 0. The van der Waals surface area contributed by atoms with Gasteiger partial charge in [-0.25, -0.2) is 13.1 Å². The van der Waals surface area contributed by atoms with Crippen molar-refractivity contribution in [3.05, 3.63) is 29.3 Å². The standard InChI is InChI=1S/C12H17N3O2S.ClH/c1-9-3-4-11(8-13)7-12(9)18(16,17)15-6-5-10(2)14;/h3-4,7,10,15H,5-6,14H2,1-2H3;1H. The molecule has 7 heteroatoms. The maximum atomic E-state index is 12.0. The number of hydrogen-bond acceptors (Lipinski definition) is 4. The van der Waals surface area contributed by atoms with Crippen molar-refractivity contribution in [1.29, 1.82) is 5.26 Å². The van der Waals surface area contributed by atoms with E-state index in [0.717, 1.165) is 0 Å². The predicted molar refractivity (Wildman–Crippen MR) is 76.6 cm³/mol. The number of nitrogens with one attached hydrogen (secondary N) is 1. The zero-order valence-corrected chi connectivity index (χ0v) is 12.5. The largest absolute Gasteiger partial charge is 0.328 e. The zero-order chi connectivity index (χ0) is 13.8. The van der Waals surface area contributed by atoms with Gasteiger partial charge in [-0.3, -0.25) is 0 Å². The molecule has 19 heavy (non-hydrogen) atoms. The Morgan fingerprint density at radius 2 is 2.11 bits per heavy atom. The Hall–Kier alpha value is -1.13. The second-order valence-corrected chi connectivity index (χ2v) is 5.99. The van der Waals surface area contributed by atoms with Crippen LogP contribution in [0.25, 0.3) is 0 Å². The Labute approximate surface area is 120 Å². The lowest BCUT2D eigenvalue weighted by Crippen LogP contribution is -2.29. The fraction of sp³-hybridized carbons (Fsp3) is 0.417. The summed E-state index contributed by atoms with van der Waals surface area (Å²) >= 11 is 0. The van der Waals surface area contributed by atoms with Crippen LogP contribution in [0.4, 0.5) is 0 Å². The van der Waals surface area contributed by atoms with Crippen LogP contribution >= 0.6 is 12.4 Å². The summed E-state index contributed by atoms with van der Waals surface area (Å²) in [4.78, 5) is 0.145. The van der Waals surface area contributed by atoms with Gasteiger partial charge in [0.2, 0.25) is 10.0 Å². The van der Waals surface area contributed by atoms with Gasteiger partial charge in [0, 0.05) is 12.6 Å². The molecular weight excluding hydrogens is 286 g/mol. The number of sulfonamides is 1. The van der Waals surface area contributed by atoms with Crippen molar-refractivity contribution in [3.8, 4) is 6.07 Å². The molecule has 0 saturated heterocycles. The van der Waals surface area contributed by atoms with E-state index in [4.69, 9.17) is 11.0 Å². The molecule has 1 rings (SSSR count). The molecule has 1 atom stereocenters. The van der Waals surface area contributed by atoms with Crippen molar-refractivity contribution in [1.82, 2.24) is 4.72 Å². The SMILES string of the molecule is Cc1ccc(C#N)cc1S(=O)(=O)NCCC(C)N.Cl. The summed E-state index contributed by atoms with van der Waals surface area (Å²) < 4.78 is 26.6. The van der Waals surface area contributed by atoms with Gasteiger partial charge in [0.05, 0.1) is 16.5 Å². The van der Waals surface area contributed by atoms with Crippen molar-refractivity contribution in [3.63, 3.8) is 0 Å². The third-order valence-electron chi connectivity index (χ3n) is 2.50. The monoisotopic (exact) mass is 303 g/mol. The summed E-state index contributed by atoms with van der Waals surface area (Å²) in [5.74, 6) is 0. The Kier molecular flexibility index (Phi) is 7.01. The molecule has 0 aliphatic carbocycles. The van der Waals surface area contributed by atoms with E-state index in [1.165, 1.54) is 6.07 Å². The highest BCUT2D eigenvalue weighted by molar-refractivity contribution is 7.89. The molecule has 0 spiro atoms. The third kappa shape index (κ3) is 5.17. The topological polar surface area (TPSA) is 96.0 Å². The summed E-state index contributed by atoms with van der Waals surface area (Å²) in [5, 5.41) is 8.79. The zero-order valence-electron chi connectivity index (χ0n) is 10.9. The lowest BCUT2D eigenvalue weighted by atomic mass is 10.2. The van der Waals surface area contributed by atoms with E-state index in [0.29, 0.717) is 17.5 Å². The fourth-order valence-corrected chi connectivity index (χ4v) is 2.77. The van der Waals surface area contributed by atoms with Crippen molar-refractivity contribution < 1.29 is 8.42 Å². The van der Waals surface area contributed by atoms with Crippen LogP contribution in [0.15, 0.2) is 23.1 Å². The first-order chi connectivity index (χ1) is 8.36. The smallest absolute Gasteiger partial charge is 0.240 e. The second kappa shape index (κ2) is 7.46. The molecule has 0 radical (unpaired) electrons. The maximum Gasteiger partial charge on any atom is 0.240 e. The quantitative estimate of drug-likeness (QED) is 0.857. The first kappa shape index (κ1) is 17.9. The molecule has 0 fully saturated rings. The van der Waals surface area contributed by atoms with Gasteiger partial charge in [0.15, 0.2) is 0 Å². The molecule has 1 aromatic carbocycles. The number of aryl methyl sites for hydroxylation is 1. The average molecular weight is 304 g/mol. The summed E-state index contributed by atoms with van der Waals surface area (Å²) in [6.07, 6.45) is 0.566. The van der Waals surface area contributed by atoms with Gasteiger partial charge in [0.1, 0.15) is 0 Å². The molecule has 0 aromatic heterocycles. The van der Waals surface area contributed by atoms with E-state index in [-0.39, 0.29) is 29.9 Å². The maximum absolute atomic E-state index is 12.0. The van der Waals surface area contributed by atoms with Gasteiger partial charge in [-0.2, -0.15) is 5.26 Å². The first-order valence-corrected chi connectivity index (χ1v) is 7.11. The lowest BCUT2D eigenvalue weighted by molar-refractivity contribution is 0.571. The van der Waals surface area contributed by atoms with E-state index in [2.05, 4.69) is 4.72 Å². The lowest BCUT2D eigenvalue weighted by Gasteiger charge is -2.10. The van der Waals surface area contributed by atoms with Crippen LogP contribution in [-0.4, -0.2) is 21.0 Å². The van der Waals surface area contributed by atoms with Crippen LogP contribution in [-0.2, 0) is 10.0 Å². The molecule has 1 unspecified atom stereocenters. The first-order valence-electron chi connectivity index (χ1n) is 5.63. The molecule has 106 valence electrons. The van der Waals surface area contributed by atoms with E-state index < -0.39 is 10.0 Å². The number of hydrogen-bond donors (Lipinski definition) is 2. The number of nitriles is 1.